The molecule has 1 unspecified atom stereocenters. The van der Waals surface area contributed by atoms with Gasteiger partial charge in [-0.15, -0.1) is 0 Å². The summed E-state index contributed by atoms with van der Waals surface area (Å²) >= 11 is 0. The van der Waals surface area contributed by atoms with E-state index in [4.69, 9.17) is 0 Å². The molecule has 0 radical (unpaired) electrons. The summed E-state index contributed by atoms with van der Waals surface area (Å²) < 4.78 is 0. The van der Waals surface area contributed by atoms with Crippen LogP contribution >= 0.6 is 0 Å². The van der Waals surface area contributed by atoms with Gasteiger partial charge in [0.05, 0.1) is 11.3 Å². The van der Waals surface area contributed by atoms with Crippen LogP contribution in [0.2, 0.25) is 0 Å². The first-order chi connectivity index (χ1) is 12.6. The highest BCUT2D eigenvalue weighted by molar-refractivity contribution is 5.98. The predicted octanol–water partition coefficient (Wildman–Crippen LogP) is 4.75. The average molecular weight is 343 g/mol. The van der Waals surface area contributed by atoms with Crippen LogP contribution in [0.5, 0.6) is 0 Å². The highest BCUT2D eigenvalue weighted by atomic mass is 16.1. The SMILES string of the molecule is Cc1ccc(Nc2ncc3c(n2)CC(c2ccc(C)cc2)CC3=O)cc1. The summed E-state index contributed by atoms with van der Waals surface area (Å²) in [4.78, 5) is 21.5. The Labute approximate surface area is 153 Å². The summed E-state index contributed by atoms with van der Waals surface area (Å²) in [5, 5.41) is 3.22. The fourth-order valence-electron chi connectivity index (χ4n) is 3.35. The van der Waals surface area contributed by atoms with Crippen molar-refractivity contribution in [3.05, 3.63) is 82.7 Å². The highest BCUT2D eigenvalue weighted by Gasteiger charge is 2.28. The van der Waals surface area contributed by atoms with E-state index in [2.05, 4.69) is 53.4 Å². The molecule has 0 saturated heterocycles. The van der Waals surface area contributed by atoms with Gasteiger partial charge in [0.25, 0.3) is 0 Å². The van der Waals surface area contributed by atoms with Crippen LogP contribution in [-0.2, 0) is 6.42 Å². The topological polar surface area (TPSA) is 54.9 Å². The van der Waals surface area contributed by atoms with Crippen molar-refractivity contribution in [1.82, 2.24) is 9.97 Å². The number of carbonyl (C=O) groups is 1. The Kier molecular flexibility index (Phi) is 4.25. The zero-order valence-electron chi connectivity index (χ0n) is 15.0. The van der Waals surface area contributed by atoms with Gasteiger partial charge in [0.1, 0.15) is 0 Å². The number of nitrogens with zero attached hydrogens (tertiary/aromatic N) is 2. The molecular formula is C22H21N3O. The number of Topliss-reactive ketones (excluding diaryl/α,β-unsaturated/α-hetero) is 1. The fourth-order valence-corrected chi connectivity index (χ4v) is 3.35. The van der Waals surface area contributed by atoms with Gasteiger partial charge in [-0.3, -0.25) is 4.79 Å². The third-order valence-electron chi connectivity index (χ3n) is 4.90. The van der Waals surface area contributed by atoms with Crippen LogP contribution in [0.1, 0.15) is 45.1 Å². The van der Waals surface area contributed by atoms with E-state index in [1.54, 1.807) is 6.20 Å². The summed E-state index contributed by atoms with van der Waals surface area (Å²) in [7, 11) is 0. The monoisotopic (exact) mass is 343 g/mol. The van der Waals surface area contributed by atoms with Crippen LogP contribution in [0, 0.1) is 13.8 Å². The quantitative estimate of drug-likeness (QED) is 0.745. The predicted molar refractivity (Wildman–Crippen MR) is 103 cm³/mol. The lowest BCUT2D eigenvalue weighted by Crippen LogP contribution is -2.21. The molecule has 1 heterocycles. The average Bonchev–Trinajstić information content (AvgIpc) is 2.64. The Morgan fingerprint density at radius 1 is 0.923 bits per heavy atom. The van der Waals surface area contributed by atoms with Crippen molar-refractivity contribution in [2.75, 3.05) is 5.32 Å². The second-order valence-electron chi connectivity index (χ2n) is 6.98. The number of aromatic nitrogens is 2. The van der Waals surface area contributed by atoms with E-state index in [-0.39, 0.29) is 11.7 Å². The second kappa shape index (κ2) is 6.71. The Bertz CT molecular complexity index is 946. The molecule has 130 valence electrons. The van der Waals surface area contributed by atoms with E-state index in [9.17, 15) is 4.79 Å². The van der Waals surface area contributed by atoms with Crippen LogP contribution in [0.4, 0.5) is 11.6 Å². The number of benzene rings is 2. The summed E-state index contributed by atoms with van der Waals surface area (Å²) in [6.45, 7) is 4.12. The van der Waals surface area contributed by atoms with Crippen molar-refractivity contribution in [1.29, 1.82) is 0 Å². The summed E-state index contributed by atoms with van der Waals surface area (Å²) in [6.07, 6.45) is 2.94. The van der Waals surface area contributed by atoms with Crippen molar-refractivity contribution >= 4 is 17.4 Å². The van der Waals surface area contributed by atoms with Gasteiger partial charge in [-0.25, -0.2) is 9.97 Å². The number of fused-ring (bicyclic) bond motifs is 1. The number of hydrogen-bond donors (Lipinski definition) is 1. The minimum absolute atomic E-state index is 0.124. The van der Waals surface area contributed by atoms with Gasteiger partial charge in [-0.2, -0.15) is 0 Å². The molecule has 1 atom stereocenters. The molecule has 3 aromatic rings. The maximum Gasteiger partial charge on any atom is 0.227 e. The van der Waals surface area contributed by atoms with Crippen molar-refractivity contribution in [3.8, 4) is 0 Å². The van der Waals surface area contributed by atoms with Gasteiger partial charge >= 0.3 is 0 Å². The lowest BCUT2D eigenvalue weighted by molar-refractivity contribution is 0.0962. The first-order valence-electron chi connectivity index (χ1n) is 8.88. The molecule has 4 rings (SSSR count). The van der Waals surface area contributed by atoms with E-state index in [0.29, 0.717) is 17.9 Å². The molecule has 1 aromatic heterocycles. The van der Waals surface area contributed by atoms with E-state index in [1.807, 2.05) is 24.3 Å². The third-order valence-corrected chi connectivity index (χ3v) is 4.90. The lowest BCUT2D eigenvalue weighted by atomic mass is 9.82. The molecule has 0 bridgehead atoms. The van der Waals surface area contributed by atoms with Crippen molar-refractivity contribution in [2.45, 2.75) is 32.6 Å². The van der Waals surface area contributed by atoms with Gasteiger partial charge in [0, 0.05) is 18.3 Å². The molecule has 4 heteroatoms. The second-order valence-corrected chi connectivity index (χ2v) is 6.98. The number of rotatable bonds is 3. The molecule has 4 nitrogen and oxygen atoms in total. The number of ketones is 1. The maximum absolute atomic E-state index is 12.5. The zero-order valence-corrected chi connectivity index (χ0v) is 15.0. The van der Waals surface area contributed by atoms with E-state index >= 15 is 0 Å². The molecule has 1 N–H and O–H groups in total. The largest absolute Gasteiger partial charge is 0.324 e. The molecule has 0 aliphatic heterocycles. The Morgan fingerprint density at radius 3 is 2.27 bits per heavy atom. The van der Waals surface area contributed by atoms with Gasteiger partial charge in [-0.05, 0) is 43.9 Å². The van der Waals surface area contributed by atoms with Crippen LogP contribution in [0.15, 0.2) is 54.7 Å². The Hall–Kier alpha value is -3.01. The van der Waals surface area contributed by atoms with Gasteiger partial charge in [0.2, 0.25) is 5.95 Å². The van der Waals surface area contributed by atoms with Gasteiger partial charge in [0.15, 0.2) is 5.78 Å². The molecule has 2 aromatic carbocycles. The standard InChI is InChI=1S/C22H21N3O/c1-14-3-7-16(8-4-14)17-11-20-19(21(26)12-17)13-23-22(25-20)24-18-9-5-15(2)6-10-18/h3-10,13,17H,11-12H2,1-2H3,(H,23,24,25). The molecule has 0 spiro atoms. The smallest absolute Gasteiger partial charge is 0.227 e. The Morgan fingerprint density at radius 2 is 1.58 bits per heavy atom. The van der Waals surface area contributed by atoms with Gasteiger partial charge in [-0.1, -0.05) is 47.5 Å². The molecule has 0 fully saturated rings. The van der Waals surface area contributed by atoms with Crippen molar-refractivity contribution < 1.29 is 4.79 Å². The lowest BCUT2D eigenvalue weighted by Gasteiger charge is -2.23. The fraction of sp³-hybridized carbons (Fsp3) is 0.227. The number of hydrogen-bond acceptors (Lipinski definition) is 4. The number of anilines is 2. The van der Waals surface area contributed by atoms with Gasteiger partial charge < -0.3 is 5.32 Å². The maximum atomic E-state index is 12.5. The molecule has 0 amide bonds. The van der Waals surface area contributed by atoms with Crippen LogP contribution in [0.25, 0.3) is 0 Å². The van der Waals surface area contributed by atoms with Crippen molar-refractivity contribution in [2.24, 2.45) is 0 Å². The molecule has 1 aliphatic rings. The van der Waals surface area contributed by atoms with E-state index in [0.717, 1.165) is 17.8 Å². The minimum atomic E-state index is 0.124. The van der Waals surface area contributed by atoms with E-state index < -0.39 is 0 Å². The van der Waals surface area contributed by atoms with Crippen LogP contribution in [0.3, 0.4) is 0 Å². The number of aryl methyl sites for hydroxylation is 2. The zero-order chi connectivity index (χ0) is 18.1. The first kappa shape index (κ1) is 16.5. The Balaban J connectivity index is 1.60. The normalized spacial score (nSPS) is 16.2. The molecular weight excluding hydrogens is 322 g/mol. The number of carbonyl (C=O) groups excluding carboxylic acids is 1. The summed E-state index contributed by atoms with van der Waals surface area (Å²) in [5.74, 6) is 0.835. The number of nitrogens with one attached hydrogen (secondary N) is 1. The van der Waals surface area contributed by atoms with Crippen molar-refractivity contribution in [3.63, 3.8) is 0 Å². The minimum Gasteiger partial charge on any atom is -0.324 e. The summed E-state index contributed by atoms with van der Waals surface area (Å²) in [6, 6.07) is 16.5. The summed E-state index contributed by atoms with van der Waals surface area (Å²) in [5.41, 5.74) is 6.05. The van der Waals surface area contributed by atoms with Crippen LogP contribution < -0.4 is 5.32 Å². The van der Waals surface area contributed by atoms with E-state index in [1.165, 1.54) is 16.7 Å². The molecule has 1 aliphatic carbocycles. The first-order valence-corrected chi connectivity index (χ1v) is 8.88. The third kappa shape index (κ3) is 3.36. The molecule has 0 saturated carbocycles. The highest BCUT2D eigenvalue weighted by Crippen LogP contribution is 2.32. The van der Waals surface area contributed by atoms with Crippen LogP contribution in [-0.4, -0.2) is 15.8 Å². The molecule has 26 heavy (non-hydrogen) atoms.